The molecule has 1 aromatic carbocycles. The normalized spacial score (nSPS) is 14.0. The van der Waals surface area contributed by atoms with E-state index in [0.717, 1.165) is 32.1 Å². The average Bonchev–Trinajstić information content (AvgIpc) is 2.79. The molecule has 4 rings (SSSR count). The van der Waals surface area contributed by atoms with Crippen molar-refractivity contribution < 1.29 is 9.18 Å². The highest BCUT2D eigenvalue weighted by molar-refractivity contribution is 5.91. The molecule has 9 heteroatoms. The third-order valence-corrected chi connectivity index (χ3v) is 4.71. The van der Waals surface area contributed by atoms with Crippen LogP contribution in [0.4, 0.5) is 16.2 Å². The number of piperazine rings is 1. The molecule has 8 nitrogen and oxygen atoms in total. The van der Waals surface area contributed by atoms with E-state index >= 15 is 0 Å². The van der Waals surface area contributed by atoms with E-state index in [2.05, 4.69) is 35.1 Å². The van der Waals surface area contributed by atoms with Crippen LogP contribution in [0.15, 0.2) is 55.1 Å². The minimum Gasteiger partial charge on any atom is -0.352 e. The number of amides is 1. The van der Waals surface area contributed by atoms with Crippen LogP contribution in [-0.4, -0.2) is 52.0 Å². The fourth-order valence-electron chi connectivity index (χ4n) is 3.10. The zero-order chi connectivity index (χ0) is 20.1. The van der Waals surface area contributed by atoms with Crippen molar-refractivity contribution in [3.8, 4) is 0 Å². The van der Waals surface area contributed by atoms with Crippen LogP contribution in [0, 0.1) is 5.82 Å². The van der Waals surface area contributed by atoms with Crippen molar-refractivity contribution in [1.29, 1.82) is 0 Å². The van der Waals surface area contributed by atoms with Crippen LogP contribution in [0.5, 0.6) is 0 Å². The maximum Gasteiger partial charge on any atom is 0.271 e. The van der Waals surface area contributed by atoms with E-state index in [-0.39, 0.29) is 18.1 Å². The molecule has 0 saturated carbocycles. The first-order valence-electron chi connectivity index (χ1n) is 9.31. The predicted molar refractivity (Wildman–Crippen MR) is 106 cm³/mol. The lowest BCUT2D eigenvalue weighted by Gasteiger charge is -2.35. The molecule has 0 radical (unpaired) electrons. The number of anilines is 2. The predicted octanol–water partition coefficient (Wildman–Crippen LogP) is 1.66. The van der Waals surface area contributed by atoms with Crippen LogP contribution < -0.4 is 15.1 Å². The van der Waals surface area contributed by atoms with Crippen molar-refractivity contribution in [2.24, 2.45) is 0 Å². The Morgan fingerprint density at radius 3 is 2.34 bits per heavy atom. The molecule has 1 aliphatic rings. The number of hydrogen-bond donors (Lipinski definition) is 1. The van der Waals surface area contributed by atoms with Gasteiger partial charge in [0.25, 0.3) is 5.91 Å². The quantitative estimate of drug-likeness (QED) is 0.705. The molecule has 1 fully saturated rings. The maximum absolute atomic E-state index is 13.6. The zero-order valence-corrected chi connectivity index (χ0v) is 15.7. The number of aromatic nitrogens is 4. The Bertz CT molecular complexity index is 960. The molecule has 0 atom stereocenters. The average molecular weight is 393 g/mol. The smallest absolute Gasteiger partial charge is 0.271 e. The number of nitrogens with one attached hydrogen (secondary N) is 1. The van der Waals surface area contributed by atoms with Crippen molar-refractivity contribution in [2.75, 3.05) is 36.0 Å². The third-order valence-electron chi connectivity index (χ3n) is 4.71. The molecular formula is C20H20FN7O. The summed E-state index contributed by atoms with van der Waals surface area (Å²) in [6, 6.07) is 8.12. The second kappa shape index (κ2) is 8.59. The molecule has 0 bridgehead atoms. The second-order valence-corrected chi connectivity index (χ2v) is 6.56. The van der Waals surface area contributed by atoms with Crippen molar-refractivity contribution in [3.63, 3.8) is 0 Å². The first-order valence-corrected chi connectivity index (χ1v) is 9.31. The van der Waals surface area contributed by atoms with Crippen molar-refractivity contribution in [3.05, 3.63) is 72.2 Å². The van der Waals surface area contributed by atoms with Gasteiger partial charge >= 0.3 is 0 Å². The summed E-state index contributed by atoms with van der Waals surface area (Å²) in [4.78, 5) is 33.6. The summed E-state index contributed by atoms with van der Waals surface area (Å²) < 4.78 is 13.6. The van der Waals surface area contributed by atoms with E-state index in [1.807, 2.05) is 0 Å². The Hall–Kier alpha value is -3.62. The fraction of sp³-hybridized carbons (Fsp3) is 0.250. The van der Waals surface area contributed by atoms with Gasteiger partial charge in [0.1, 0.15) is 17.3 Å². The zero-order valence-electron chi connectivity index (χ0n) is 15.7. The van der Waals surface area contributed by atoms with E-state index in [0.29, 0.717) is 11.4 Å². The second-order valence-electron chi connectivity index (χ2n) is 6.56. The summed E-state index contributed by atoms with van der Waals surface area (Å²) in [5.41, 5.74) is 0.618. The SMILES string of the molecule is O=C(NCc1ccccc1F)c1cnc(N2CCN(c3ncccn3)CC2)cn1. The number of halogens is 1. The molecule has 29 heavy (non-hydrogen) atoms. The lowest BCUT2D eigenvalue weighted by molar-refractivity contribution is 0.0945. The Balaban J connectivity index is 1.32. The number of nitrogens with zero attached hydrogens (tertiary/aromatic N) is 6. The number of hydrogen-bond acceptors (Lipinski definition) is 7. The third kappa shape index (κ3) is 4.45. The van der Waals surface area contributed by atoms with Crippen molar-refractivity contribution >= 4 is 17.7 Å². The van der Waals surface area contributed by atoms with Crippen LogP contribution in [-0.2, 0) is 6.54 Å². The summed E-state index contributed by atoms with van der Waals surface area (Å²) in [6.07, 6.45) is 6.50. The summed E-state index contributed by atoms with van der Waals surface area (Å²) in [7, 11) is 0. The van der Waals surface area contributed by atoms with Crippen LogP contribution in [0.3, 0.4) is 0 Å². The highest BCUT2D eigenvalue weighted by Crippen LogP contribution is 2.15. The van der Waals surface area contributed by atoms with Gasteiger partial charge in [-0.1, -0.05) is 18.2 Å². The molecule has 3 aromatic rings. The fourth-order valence-corrected chi connectivity index (χ4v) is 3.10. The van der Waals surface area contributed by atoms with E-state index in [4.69, 9.17) is 0 Å². The lowest BCUT2D eigenvalue weighted by atomic mass is 10.2. The van der Waals surface area contributed by atoms with Gasteiger partial charge in [0, 0.05) is 50.7 Å². The topological polar surface area (TPSA) is 87.1 Å². The Morgan fingerprint density at radius 1 is 0.931 bits per heavy atom. The van der Waals surface area contributed by atoms with Gasteiger partial charge in [-0.25, -0.2) is 24.3 Å². The summed E-state index contributed by atoms with van der Waals surface area (Å²) >= 11 is 0. The lowest BCUT2D eigenvalue weighted by Crippen LogP contribution is -2.47. The van der Waals surface area contributed by atoms with Gasteiger partial charge in [-0.15, -0.1) is 0 Å². The minimum atomic E-state index is -0.390. The summed E-state index contributed by atoms with van der Waals surface area (Å²) in [5.74, 6) is 0.692. The highest BCUT2D eigenvalue weighted by Gasteiger charge is 2.20. The standard InChI is InChI=1S/C20H20FN7O/c21-16-5-2-1-4-15(16)12-26-19(29)17-13-25-18(14-24-17)27-8-10-28(11-9-27)20-22-6-3-7-23-20/h1-7,13-14H,8-12H2,(H,26,29). The van der Waals surface area contributed by atoms with Gasteiger partial charge in [0.05, 0.1) is 12.4 Å². The molecule has 148 valence electrons. The minimum absolute atomic E-state index is 0.0957. The number of rotatable bonds is 5. The molecule has 1 saturated heterocycles. The molecule has 1 amide bonds. The molecule has 1 aliphatic heterocycles. The van der Waals surface area contributed by atoms with Gasteiger partial charge < -0.3 is 15.1 Å². The molecule has 0 unspecified atom stereocenters. The van der Waals surface area contributed by atoms with Gasteiger partial charge in [0.15, 0.2) is 0 Å². The van der Waals surface area contributed by atoms with Gasteiger partial charge in [-0.3, -0.25) is 4.79 Å². The van der Waals surface area contributed by atoms with Gasteiger partial charge in [-0.05, 0) is 12.1 Å². The van der Waals surface area contributed by atoms with Crippen LogP contribution in [0.1, 0.15) is 16.1 Å². The number of carbonyl (C=O) groups is 1. The van der Waals surface area contributed by atoms with E-state index < -0.39 is 5.91 Å². The Kier molecular flexibility index (Phi) is 5.55. The van der Waals surface area contributed by atoms with Crippen LogP contribution in [0.25, 0.3) is 0 Å². The van der Waals surface area contributed by atoms with Crippen molar-refractivity contribution in [1.82, 2.24) is 25.3 Å². The molecule has 1 N–H and O–H groups in total. The molecule has 2 aromatic heterocycles. The Morgan fingerprint density at radius 2 is 1.66 bits per heavy atom. The first kappa shape index (κ1) is 18.7. The van der Waals surface area contributed by atoms with E-state index in [1.165, 1.54) is 12.3 Å². The van der Waals surface area contributed by atoms with E-state index in [1.54, 1.807) is 42.9 Å². The maximum atomic E-state index is 13.6. The molecular weight excluding hydrogens is 373 g/mol. The van der Waals surface area contributed by atoms with Gasteiger partial charge in [0.2, 0.25) is 5.95 Å². The largest absolute Gasteiger partial charge is 0.352 e. The van der Waals surface area contributed by atoms with Crippen LogP contribution >= 0.6 is 0 Å². The first-order chi connectivity index (χ1) is 14.2. The van der Waals surface area contributed by atoms with Crippen LogP contribution in [0.2, 0.25) is 0 Å². The Labute approximate surface area is 167 Å². The highest BCUT2D eigenvalue weighted by atomic mass is 19.1. The molecule has 3 heterocycles. The number of benzene rings is 1. The summed E-state index contributed by atoms with van der Waals surface area (Å²) in [6.45, 7) is 3.16. The monoisotopic (exact) mass is 393 g/mol. The molecule has 0 aliphatic carbocycles. The number of carbonyl (C=O) groups excluding carboxylic acids is 1. The van der Waals surface area contributed by atoms with Gasteiger partial charge in [-0.2, -0.15) is 0 Å². The molecule has 0 spiro atoms. The van der Waals surface area contributed by atoms with Crippen molar-refractivity contribution in [2.45, 2.75) is 6.54 Å². The summed E-state index contributed by atoms with van der Waals surface area (Å²) in [5, 5.41) is 2.66. The van der Waals surface area contributed by atoms with E-state index in [9.17, 15) is 9.18 Å².